The molecular weight excluding hydrogens is 228 g/mol. The van der Waals surface area contributed by atoms with Crippen molar-refractivity contribution in [1.82, 2.24) is 0 Å². The fourth-order valence-corrected chi connectivity index (χ4v) is 1.85. The van der Waals surface area contributed by atoms with Crippen LogP contribution in [0.1, 0.15) is 5.56 Å². The molecule has 0 saturated heterocycles. The van der Waals surface area contributed by atoms with Crippen LogP contribution in [0.5, 0.6) is 5.75 Å². The molecule has 4 nitrogen and oxygen atoms in total. The number of hydrogen-bond donors (Lipinski definition) is 1. The lowest BCUT2D eigenvalue weighted by atomic mass is 10.2. The molecule has 0 aliphatic carbocycles. The molecule has 0 heterocycles. The third-order valence-electron chi connectivity index (χ3n) is 2.23. The molecule has 2 N–H and O–H groups in total. The topological polar surface area (TPSA) is 55.6 Å². The molecule has 1 amide bonds. The van der Waals surface area contributed by atoms with E-state index in [1.165, 1.54) is 0 Å². The van der Waals surface area contributed by atoms with Crippen molar-refractivity contribution in [3.8, 4) is 5.75 Å². The molecule has 88 valence electrons. The van der Waals surface area contributed by atoms with Crippen LogP contribution >= 0.6 is 11.6 Å². The number of carbonyl (C=O) groups excluding carboxylic acids is 1. The second-order valence-corrected chi connectivity index (χ2v) is 4.03. The van der Waals surface area contributed by atoms with Gasteiger partial charge in [-0.1, -0.05) is 11.6 Å². The van der Waals surface area contributed by atoms with Crippen LogP contribution in [0.3, 0.4) is 0 Å². The molecule has 0 radical (unpaired) electrons. The average Bonchev–Trinajstić information content (AvgIpc) is 2.15. The Morgan fingerprint density at radius 2 is 2.19 bits per heavy atom. The summed E-state index contributed by atoms with van der Waals surface area (Å²) < 4.78 is 5.28. The smallest absolute Gasteiger partial charge is 0.236 e. The fourth-order valence-electron chi connectivity index (χ4n) is 1.58. The number of carbonyl (C=O) groups is 1. The van der Waals surface area contributed by atoms with E-state index in [1.807, 2.05) is 13.0 Å². The Kier molecular flexibility index (Phi) is 4.01. The van der Waals surface area contributed by atoms with Gasteiger partial charge in [-0.2, -0.15) is 0 Å². The summed E-state index contributed by atoms with van der Waals surface area (Å²) in [5.74, 6) is 0.301. The summed E-state index contributed by atoms with van der Waals surface area (Å²) in [4.78, 5) is 12.6. The van der Waals surface area contributed by atoms with Crippen molar-refractivity contribution >= 4 is 23.2 Å². The normalized spacial score (nSPS) is 10.0. The van der Waals surface area contributed by atoms with Gasteiger partial charge in [0.25, 0.3) is 0 Å². The van der Waals surface area contributed by atoms with Crippen molar-refractivity contribution < 1.29 is 9.53 Å². The molecule has 1 aromatic rings. The Morgan fingerprint density at radius 1 is 1.56 bits per heavy atom. The van der Waals surface area contributed by atoms with Gasteiger partial charge in [0.2, 0.25) is 5.91 Å². The molecule has 1 rings (SSSR count). The first-order chi connectivity index (χ1) is 7.45. The maximum Gasteiger partial charge on any atom is 0.236 e. The number of nitrogens with zero attached hydrogens (tertiary/aromatic N) is 1. The highest BCUT2D eigenvalue weighted by Crippen LogP contribution is 2.34. The van der Waals surface area contributed by atoms with Crippen molar-refractivity contribution in [1.29, 1.82) is 0 Å². The molecule has 0 aliphatic rings. The maximum absolute atomic E-state index is 10.9. The minimum absolute atomic E-state index is 0.121. The molecule has 16 heavy (non-hydrogen) atoms. The zero-order valence-corrected chi connectivity index (χ0v) is 10.3. The largest absolute Gasteiger partial charge is 0.494 e. The summed E-state index contributed by atoms with van der Waals surface area (Å²) in [5.41, 5.74) is 6.82. The molecular formula is C11H15ClN2O2. The minimum atomic E-state index is -0.401. The summed E-state index contributed by atoms with van der Waals surface area (Å²) in [7, 11) is 3.34. The van der Waals surface area contributed by atoms with E-state index in [9.17, 15) is 4.79 Å². The quantitative estimate of drug-likeness (QED) is 0.872. The summed E-state index contributed by atoms with van der Waals surface area (Å²) in [6, 6.07) is 3.55. The van der Waals surface area contributed by atoms with Gasteiger partial charge in [-0.15, -0.1) is 0 Å². The highest BCUT2D eigenvalue weighted by molar-refractivity contribution is 6.31. The molecule has 0 saturated carbocycles. The van der Waals surface area contributed by atoms with E-state index < -0.39 is 5.91 Å². The standard InChI is InChI=1S/C11H15ClN2O2/c1-7-4-8(12)5-9(11(7)16-3)14(2)6-10(13)15/h4-5H,6H2,1-3H3,(H2,13,15). The van der Waals surface area contributed by atoms with Crippen LogP contribution in [0.2, 0.25) is 5.02 Å². The Bertz CT molecular complexity index is 407. The zero-order valence-electron chi connectivity index (χ0n) is 9.58. The molecule has 0 bridgehead atoms. The van der Waals surface area contributed by atoms with Crippen LogP contribution in [0.4, 0.5) is 5.69 Å². The van der Waals surface area contributed by atoms with Gasteiger partial charge in [0.1, 0.15) is 5.75 Å². The lowest BCUT2D eigenvalue weighted by molar-refractivity contribution is -0.116. The molecule has 1 aromatic carbocycles. The van der Waals surface area contributed by atoms with E-state index in [0.717, 1.165) is 11.3 Å². The molecule has 0 fully saturated rings. The minimum Gasteiger partial charge on any atom is -0.494 e. The van der Waals surface area contributed by atoms with Crippen molar-refractivity contribution in [3.05, 3.63) is 22.7 Å². The number of benzene rings is 1. The van der Waals surface area contributed by atoms with Gasteiger partial charge in [-0.25, -0.2) is 0 Å². The first kappa shape index (κ1) is 12.6. The lowest BCUT2D eigenvalue weighted by Gasteiger charge is -2.21. The molecule has 0 spiro atoms. The van der Waals surface area contributed by atoms with Gasteiger partial charge in [0, 0.05) is 12.1 Å². The molecule has 0 unspecified atom stereocenters. The summed E-state index contributed by atoms with van der Waals surface area (Å²) in [5, 5.41) is 0.602. The summed E-state index contributed by atoms with van der Waals surface area (Å²) >= 11 is 5.96. The van der Waals surface area contributed by atoms with Crippen molar-refractivity contribution in [2.75, 3.05) is 25.6 Å². The summed E-state index contributed by atoms with van der Waals surface area (Å²) in [6.07, 6.45) is 0. The predicted octanol–water partition coefficient (Wildman–Crippen LogP) is 1.58. The van der Waals surface area contributed by atoms with Gasteiger partial charge in [-0.05, 0) is 24.6 Å². The van der Waals surface area contributed by atoms with Crippen molar-refractivity contribution in [3.63, 3.8) is 0 Å². The number of primary amides is 1. The monoisotopic (exact) mass is 242 g/mol. The number of anilines is 1. The van der Waals surface area contributed by atoms with Gasteiger partial charge < -0.3 is 15.4 Å². The van der Waals surface area contributed by atoms with Crippen LogP contribution < -0.4 is 15.4 Å². The first-order valence-electron chi connectivity index (χ1n) is 4.79. The number of ether oxygens (including phenoxy) is 1. The second kappa shape index (κ2) is 5.07. The lowest BCUT2D eigenvalue weighted by Crippen LogP contribution is -2.30. The van der Waals surface area contributed by atoms with Crippen LogP contribution in [0.15, 0.2) is 12.1 Å². The Labute approximate surface area is 99.9 Å². The number of likely N-dealkylation sites (N-methyl/N-ethyl adjacent to an activating group) is 1. The number of halogens is 1. The van der Waals surface area contributed by atoms with Crippen LogP contribution in [-0.4, -0.2) is 26.6 Å². The highest BCUT2D eigenvalue weighted by atomic mass is 35.5. The Morgan fingerprint density at radius 3 is 2.69 bits per heavy atom. The number of amides is 1. The predicted molar refractivity (Wildman–Crippen MR) is 65.2 cm³/mol. The van der Waals surface area contributed by atoms with E-state index >= 15 is 0 Å². The molecule has 0 aromatic heterocycles. The van der Waals surface area contributed by atoms with Gasteiger partial charge in [0.05, 0.1) is 19.3 Å². The van der Waals surface area contributed by atoms with Crippen LogP contribution in [0.25, 0.3) is 0 Å². The zero-order chi connectivity index (χ0) is 12.3. The second-order valence-electron chi connectivity index (χ2n) is 3.60. The molecule has 0 aliphatic heterocycles. The van der Waals surface area contributed by atoms with E-state index in [0.29, 0.717) is 10.8 Å². The average molecular weight is 243 g/mol. The van der Waals surface area contributed by atoms with Crippen LogP contribution in [0, 0.1) is 6.92 Å². The van der Waals surface area contributed by atoms with Gasteiger partial charge >= 0.3 is 0 Å². The fraction of sp³-hybridized carbons (Fsp3) is 0.364. The van der Waals surface area contributed by atoms with Crippen LogP contribution in [-0.2, 0) is 4.79 Å². The number of rotatable bonds is 4. The van der Waals surface area contributed by atoms with E-state index in [2.05, 4.69) is 0 Å². The third kappa shape index (κ3) is 2.79. The molecule has 0 atom stereocenters. The third-order valence-corrected chi connectivity index (χ3v) is 2.45. The summed E-state index contributed by atoms with van der Waals surface area (Å²) in [6.45, 7) is 2.02. The number of aryl methyl sites for hydroxylation is 1. The van der Waals surface area contributed by atoms with E-state index in [4.69, 9.17) is 22.1 Å². The van der Waals surface area contributed by atoms with E-state index in [1.54, 1.807) is 25.1 Å². The van der Waals surface area contributed by atoms with Crippen molar-refractivity contribution in [2.45, 2.75) is 6.92 Å². The van der Waals surface area contributed by atoms with Gasteiger partial charge in [0.15, 0.2) is 0 Å². The van der Waals surface area contributed by atoms with Gasteiger partial charge in [-0.3, -0.25) is 4.79 Å². The highest BCUT2D eigenvalue weighted by Gasteiger charge is 2.13. The SMILES string of the molecule is COc1c(C)cc(Cl)cc1N(C)CC(N)=O. The van der Waals surface area contributed by atoms with E-state index in [-0.39, 0.29) is 6.54 Å². The number of methoxy groups -OCH3 is 1. The Balaban J connectivity index is 3.15. The first-order valence-corrected chi connectivity index (χ1v) is 5.17. The van der Waals surface area contributed by atoms with Crippen molar-refractivity contribution in [2.24, 2.45) is 5.73 Å². The number of nitrogens with two attached hydrogens (primary N) is 1. The Hall–Kier alpha value is -1.42. The number of hydrogen-bond acceptors (Lipinski definition) is 3. The molecule has 5 heteroatoms. The maximum atomic E-state index is 10.9.